The molecule has 0 aromatic rings. The van der Waals surface area contributed by atoms with Crippen LogP contribution in [-0.2, 0) is 9.47 Å². The Morgan fingerprint density at radius 2 is 2.08 bits per heavy atom. The predicted molar refractivity (Wildman–Crippen MR) is 50.4 cm³/mol. The van der Waals surface area contributed by atoms with Gasteiger partial charge in [0.1, 0.15) is 6.04 Å². The maximum Gasteiger partial charge on any atom is 0.119 e. The molecule has 76 valence electrons. The third-order valence-electron chi connectivity index (χ3n) is 1.41. The third kappa shape index (κ3) is 7.72. The normalized spacial score (nSPS) is 12.8. The Labute approximate surface area is 79.8 Å². The van der Waals surface area contributed by atoms with Crippen molar-refractivity contribution in [3.63, 3.8) is 0 Å². The molecule has 0 saturated carbocycles. The second kappa shape index (κ2) is 7.99. The van der Waals surface area contributed by atoms with Gasteiger partial charge in [0.15, 0.2) is 0 Å². The van der Waals surface area contributed by atoms with E-state index in [0.717, 1.165) is 0 Å². The van der Waals surface area contributed by atoms with Crippen molar-refractivity contribution in [2.75, 3.05) is 26.9 Å². The second-order valence-corrected chi connectivity index (χ2v) is 3.07. The summed E-state index contributed by atoms with van der Waals surface area (Å²) in [5.74, 6) is 0. The number of nitriles is 1. The summed E-state index contributed by atoms with van der Waals surface area (Å²) in [5, 5.41) is 11.8. The first-order chi connectivity index (χ1) is 6.20. The lowest BCUT2D eigenvalue weighted by Crippen LogP contribution is -2.37. The van der Waals surface area contributed by atoms with E-state index in [9.17, 15) is 0 Å². The highest BCUT2D eigenvalue weighted by atomic mass is 16.5. The minimum Gasteiger partial charge on any atom is -0.382 e. The van der Waals surface area contributed by atoms with E-state index in [0.29, 0.717) is 25.9 Å². The van der Waals surface area contributed by atoms with Crippen LogP contribution in [0.5, 0.6) is 0 Å². The van der Waals surface area contributed by atoms with Gasteiger partial charge in [-0.15, -0.1) is 0 Å². The Morgan fingerprint density at radius 3 is 2.54 bits per heavy atom. The van der Waals surface area contributed by atoms with E-state index in [1.807, 2.05) is 13.8 Å². The molecule has 1 unspecified atom stereocenters. The molecule has 0 heterocycles. The molecule has 13 heavy (non-hydrogen) atoms. The Morgan fingerprint density at radius 1 is 1.38 bits per heavy atom. The van der Waals surface area contributed by atoms with Crippen LogP contribution in [0.2, 0.25) is 0 Å². The number of nitrogens with one attached hydrogen (secondary N) is 1. The van der Waals surface area contributed by atoms with Crippen LogP contribution in [0.15, 0.2) is 0 Å². The van der Waals surface area contributed by atoms with E-state index < -0.39 is 0 Å². The summed E-state index contributed by atoms with van der Waals surface area (Å²) < 4.78 is 10.0. The Bertz CT molecular complexity index is 154. The summed E-state index contributed by atoms with van der Waals surface area (Å²) in [4.78, 5) is 0. The van der Waals surface area contributed by atoms with Gasteiger partial charge in [-0.25, -0.2) is 0 Å². The van der Waals surface area contributed by atoms with E-state index in [4.69, 9.17) is 14.7 Å². The van der Waals surface area contributed by atoms with Crippen molar-refractivity contribution in [1.29, 1.82) is 5.26 Å². The molecule has 0 saturated heterocycles. The van der Waals surface area contributed by atoms with Gasteiger partial charge >= 0.3 is 0 Å². The van der Waals surface area contributed by atoms with Crippen LogP contribution in [0, 0.1) is 11.3 Å². The molecule has 0 spiro atoms. The maximum absolute atomic E-state index is 8.71. The van der Waals surface area contributed by atoms with Crippen molar-refractivity contribution >= 4 is 0 Å². The van der Waals surface area contributed by atoms with Crippen LogP contribution < -0.4 is 5.32 Å². The van der Waals surface area contributed by atoms with Crippen molar-refractivity contribution in [2.45, 2.75) is 25.9 Å². The van der Waals surface area contributed by atoms with Crippen LogP contribution in [0.25, 0.3) is 0 Å². The highest BCUT2D eigenvalue weighted by Gasteiger charge is 2.07. The molecular formula is C9H18N2O2. The molecule has 0 aromatic heterocycles. The predicted octanol–water partition coefficient (Wildman–Crippen LogP) is 0.540. The minimum atomic E-state index is -0.225. The SMILES string of the molecule is COCCOCC(C#N)NC(C)C. The summed E-state index contributed by atoms with van der Waals surface area (Å²) in [5.41, 5.74) is 0. The van der Waals surface area contributed by atoms with Crippen molar-refractivity contribution in [3.8, 4) is 6.07 Å². The van der Waals surface area contributed by atoms with Gasteiger partial charge in [-0.3, -0.25) is 5.32 Å². The average molecular weight is 186 g/mol. The topological polar surface area (TPSA) is 54.3 Å². The summed E-state index contributed by atoms with van der Waals surface area (Å²) in [6, 6.07) is 2.21. The van der Waals surface area contributed by atoms with E-state index in [1.165, 1.54) is 0 Å². The van der Waals surface area contributed by atoms with E-state index in [-0.39, 0.29) is 6.04 Å². The molecule has 1 N–H and O–H groups in total. The average Bonchev–Trinajstić information content (AvgIpc) is 2.09. The summed E-state index contributed by atoms with van der Waals surface area (Å²) in [6.07, 6.45) is 0. The molecule has 4 heteroatoms. The van der Waals surface area contributed by atoms with Crippen LogP contribution in [-0.4, -0.2) is 39.0 Å². The molecule has 0 aliphatic rings. The van der Waals surface area contributed by atoms with Gasteiger partial charge in [-0.05, 0) is 13.8 Å². The first-order valence-corrected chi connectivity index (χ1v) is 4.43. The molecule has 0 aliphatic carbocycles. The molecule has 0 bridgehead atoms. The van der Waals surface area contributed by atoms with Crippen molar-refractivity contribution in [2.24, 2.45) is 0 Å². The number of hydrogen-bond donors (Lipinski definition) is 1. The third-order valence-corrected chi connectivity index (χ3v) is 1.41. The van der Waals surface area contributed by atoms with Crippen LogP contribution >= 0.6 is 0 Å². The lowest BCUT2D eigenvalue weighted by atomic mass is 10.3. The number of hydrogen-bond acceptors (Lipinski definition) is 4. The van der Waals surface area contributed by atoms with E-state index in [1.54, 1.807) is 7.11 Å². The Kier molecular flexibility index (Phi) is 7.60. The first-order valence-electron chi connectivity index (χ1n) is 4.43. The molecular weight excluding hydrogens is 168 g/mol. The molecule has 0 amide bonds. The van der Waals surface area contributed by atoms with Gasteiger partial charge < -0.3 is 9.47 Å². The molecule has 0 aromatic carbocycles. The lowest BCUT2D eigenvalue weighted by Gasteiger charge is -2.14. The van der Waals surface area contributed by atoms with Crippen molar-refractivity contribution in [1.82, 2.24) is 5.32 Å². The molecule has 0 aliphatic heterocycles. The van der Waals surface area contributed by atoms with Gasteiger partial charge in [0.25, 0.3) is 0 Å². The van der Waals surface area contributed by atoms with Gasteiger partial charge in [0.05, 0.1) is 25.9 Å². The summed E-state index contributed by atoms with van der Waals surface area (Å²) >= 11 is 0. The van der Waals surface area contributed by atoms with Gasteiger partial charge in [0, 0.05) is 13.2 Å². The Hall–Kier alpha value is -0.630. The van der Waals surface area contributed by atoms with Crippen LogP contribution in [0.1, 0.15) is 13.8 Å². The van der Waals surface area contributed by atoms with E-state index in [2.05, 4.69) is 11.4 Å². The highest BCUT2D eigenvalue weighted by Crippen LogP contribution is 1.88. The van der Waals surface area contributed by atoms with Crippen LogP contribution in [0.3, 0.4) is 0 Å². The number of methoxy groups -OCH3 is 1. The van der Waals surface area contributed by atoms with Crippen molar-refractivity contribution < 1.29 is 9.47 Å². The number of nitrogens with zero attached hydrogens (tertiary/aromatic N) is 1. The number of rotatable bonds is 7. The fourth-order valence-electron chi connectivity index (χ4n) is 0.868. The molecule has 4 nitrogen and oxygen atoms in total. The zero-order valence-corrected chi connectivity index (χ0v) is 8.54. The zero-order chi connectivity index (χ0) is 10.1. The molecule has 0 fully saturated rings. The molecule has 0 rings (SSSR count). The monoisotopic (exact) mass is 186 g/mol. The minimum absolute atomic E-state index is 0.225. The summed E-state index contributed by atoms with van der Waals surface area (Å²) in [6.45, 7) is 5.52. The smallest absolute Gasteiger partial charge is 0.119 e. The van der Waals surface area contributed by atoms with Crippen LogP contribution in [0.4, 0.5) is 0 Å². The quantitative estimate of drug-likeness (QED) is 0.590. The standard InChI is InChI=1S/C9H18N2O2/c1-8(2)11-9(6-10)7-13-5-4-12-3/h8-9,11H,4-5,7H2,1-3H3. The van der Waals surface area contributed by atoms with Gasteiger partial charge in [-0.1, -0.05) is 0 Å². The number of ether oxygens (including phenoxy) is 2. The lowest BCUT2D eigenvalue weighted by molar-refractivity contribution is 0.0643. The largest absolute Gasteiger partial charge is 0.382 e. The van der Waals surface area contributed by atoms with Gasteiger partial charge in [0.2, 0.25) is 0 Å². The second-order valence-electron chi connectivity index (χ2n) is 3.07. The Balaban J connectivity index is 3.44. The fraction of sp³-hybridized carbons (Fsp3) is 0.889. The molecule has 0 radical (unpaired) electrons. The maximum atomic E-state index is 8.71. The van der Waals surface area contributed by atoms with Gasteiger partial charge in [-0.2, -0.15) is 5.26 Å². The van der Waals surface area contributed by atoms with E-state index >= 15 is 0 Å². The fourth-order valence-corrected chi connectivity index (χ4v) is 0.868. The highest BCUT2D eigenvalue weighted by molar-refractivity contribution is 4.90. The van der Waals surface area contributed by atoms with Crippen molar-refractivity contribution in [3.05, 3.63) is 0 Å². The molecule has 1 atom stereocenters. The summed E-state index contributed by atoms with van der Waals surface area (Å²) in [7, 11) is 1.62. The zero-order valence-electron chi connectivity index (χ0n) is 8.54. The first kappa shape index (κ1) is 12.4.